The van der Waals surface area contributed by atoms with E-state index in [9.17, 15) is 19.0 Å². The molecular formula is C52H91NO8P+. The Morgan fingerprint density at radius 3 is 1.39 bits per heavy atom. The molecule has 0 aromatic carbocycles. The van der Waals surface area contributed by atoms with Crippen molar-refractivity contribution in [3.8, 4) is 0 Å². The lowest BCUT2D eigenvalue weighted by Crippen LogP contribution is -2.37. The van der Waals surface area contributed by atoms with Crippen molar-refractivity contribution in [3.63, 3.8) is 0 Å². The highest BCUT2D eigenvalue weighted by molar-refractivity contribution is 7.47. The maximum Gasteiger partial charge on any atom is 0.472 e. The van der Waals surface area contributed by atoms with E-state index in [4.69, 9.17) is 18.5 Å². The Morgan fingerprint density at radius 1 is 0.516 bits per heavy atom. The molecule has 0 radical (unpaired) electrons. The molecule has 0 saturated carbocycles. The number of rotatable bonds is 43. The van der Waals surface area contributed by atoms with E-state index in [0.29, 0.717) is 17.4 Å². The molecule has 2 unspecified atom stereocenters. The smallest absolute Gasteiger partial charge is 0.462 e. The fourth-order valence-corrected chi connectivity index (χ4v) is 6.87. The Kier molecular flexibility index (Phi) is 41.5. The van der Waals surface area contributed by atoms with Crippen LogP contribution < -0.4 is 0 Å². The number of phosphoric acid groups is 1. The monoisotopic (exact) mass is 889 g/mol. The molecule has 10 heteroatoms. The number of esters is 2. The van der Waals surface area contributed by atoms with Gasteiger partial charge in [0, 0.05) is 12.8 Å². The van der Waals surface area contributed by atoms with Crippen molar-refractivity contribution in [2.24, 2.45) is 0 Å². The minimum Gasteiger partial charge on any atom is -0.462 e. The van der Waals surface area contributed by atoms with Gasteiger partial charge in [0.15, 0.2) is 6.10 Å². The molecule has 0 rings (SSSR count). The maximum atomic E-state index is 12.7. The van der Waals surface area contributed by atoms with Crippen molar-refractivity contribution < 1.29 is 42.1 Å². The second kappa shape index (κ2) is 43.4. The van der Waals surface area contributed by atoms with Gasteiger partial charge in [-0.05, 0) is 89.9 Å². The van der Waals surface area contributed by atoms with E-state index in [2.05, 4.69) is 98.9 Å². The second-order valence-electron chi connectivity index (χ2n) is 17.1. The van der Waals surface area contributed by atoms with Gasteiger partial charge in [0.1, 0.15) is 19.8 Å². The van der Waals surface area contributed by atoms with E-state index in [-0.39, 0.29) is 32.0 Å². The summed E-state index contributed by atoms with van der Waals surface area (Å²) in [6.07, 6.45) is 56.3. The summed E-state index contributed by atoms with van der Waals surface area (Å²) < 4.78 is 34.4. The van der Waals surface area contributed by atoms with Crippen LogP contribution in [0.4, 0.5) is 0 Å². The van der Waals surface area contributed by atoms with Crippen LogP contribution in [0.1, 0.15) is 181 Å². The number of allylic oxidation sites excluding steroid dienone is 14. The summed E-state index contributed by atoms with van der Waals surface area (Å²) in [6, 6.07) is 0. The normalized spacial score (nSPS) is 14.2. The number of quaternary nitrogens is 1. The number of ether oxygens (including phenoxy) is 2. The van der Waals surface area contributed by atoms with Crippen molar-refractivity contribution in [1.29, 1.82) is 0 Å². The first kappa shape index (κ1) is 59.2. The van der Waals surface area contributed by atoms with Crippen LogP contribution in [0.15, 0.2) is 85.1 Å². The summed E-state index contributed by atoms with van der Waals surface area (Å²) in [4.78, 5) is 35.5. The molecule has 0 aliphatic heterocycles. The Balaban J connectivity index is 4.38. The summed E-state index contributed by atoms with van der Waals surface area (Å²) in [6.45, 7) is 4.23. The topological polar surface area (TPSA) is 108 Å². The molecule has 0 aromatic heterocycles. The van der Waals surface area contributed by atoms with E-state index < -0.39 is 26.5 Å². The van der Waals surface area contributed by atoms with Gasteiger partial charge in [-0.2, -0.15) is 0 Å². The van der Waals surface area contributed by atoms with Crippen molar-refractivity contribution >= 4 is 19.8 Å². The highest BCUT2D eigenvalue weighted by atomic mass is 31.2. The molecular weight excluding hydrogens is 798 g/mol. The average molecular weight is 889 g/mol. The number of likely N-dealkylation sites (N-methyl/N-ethyl adjacent to an activating group) is 1. The summed E-state index contributed by atoms with van der Waals surface area (Å²) in [5.41, 5.74) is 0. The Labute approximate surface area is 380 Å². The number of nitrogens with zero attached hydrogens (tertiary/aromatic N) is 1. The molecule has 0 heterocycles. The SMILES string of the molecule is CC/C=C\C/C=C\C/C=C\C/C=C\C/C=C\CCCCCC(=O)OC(COC(=O)CCCCCCCCCCC/C=C\C/C=C\CCCCC)COP(=O)(O)OCC[N+](C)(C)C. The molecule has 0 amide bonds. The molecule has 0 spiro atoms. The highest BCUT2D eigenvalue weighted by Gasteiger charge is 2.27. The van der Waals surface area contributed by atoms with Gasteiger partial charge in [-0.1, -0.05) is 163 Å². The standard InChI is InChI=1S/C52H90NO8P/c1-6-8-10-12-14-16-18-20-22-24-26-28-30-32-34-36-38-40-42-44-51(54)58-48-50(49-60-62(56,57)59-47-46-53(3,4)5)61-52(55)45-43-41-39-37-35-33-31-29-27-25-23-21-19-17-15-13-11-9-7-2/h9,11,14-17,20-23,27,29,33,35,50H,6-8,10,12-13,18-19,24-26,28,30-32,34,36-49H2,1-5H3/p+1/b11-9-,16-14-,17-15-,22-20-,23-21-,29-27-,35-33-. The Hall–Kier alpha value is -2.81. The molecule has 0 saturated heterocycles. The maximum absolute atomic E-state index is 12.7. The van der Waals surface area contributed by atoms with E-state index >= 15 is 0 Å². The largest absolute Gasteiger partial charge is 0.472 e. The summed E-state index contributed by atoms with van der Waals surface area (Å²) in [5, 5.41) is 0. The molecule has 0 aliphatic carbocycles. The van der Waals surface area contributed by atoms with E-state index in [1.54, 1.807) is 0 Å². The average Bonchev–Trinajstić information content (AvgIpc) is 3.23. The van der Waals surface area contributed by atoms with Crippen LogP contribution in [0.5, 0.6) is 0 Å². The molecule has 356 valence electrons. The lowest BCUT2D eigenvalue weighted by atomic mass is 10.1. The van der Waals surface area contributed by atoms with Crippen LogP contribution in [0, 0.1) is 0 Å². The van der Waals surface area contributed by atoms with Crippen LogP contribution in [-0.2, 0) is 32.7 Å². The molecule has 0 bridgehead atoms. The van der Waals surface area contributed by atoms with Gasteiger partial charge in [-0.15, -0.1) is 0 Å². The van der Waals surface area contributed by atoms with Gasteiger partial charge in [-0.25, -0.2) is 4.57 Å². The van der Waals surface area contributed by atoms with E-state index in [1.165, 1.54) is 57.8 Å². The van der Waals surface area contributed by atoms with Crippen LogP contribution in [-0.4, -0.2) is 74.9 Å². The van der Waals surface area contributed by atoms with E-state index in [1.807, 2.05) is 21.1 Å². The highest BCUT2D eigenvalue weighted by Crippen LogP contribution is 2.43. The summed E-state index contributed by atoms with van der Waals surface area (Å²) >= 11 is 0. The first-order chi connectivity index (χ1) is 30.0. The zero-order chi connectivity index (χ0) is 45.7. The van der Waals surface area contributed by atoms with Crippen LogP contribution in [0.25, 0.3) is 0 Å². The van der Waals surface area contributed by atoms with Gasteiger partial charge in [-0.3, -0.25) is 18.6 Å². The van der Waals surface area contributed by atoms with Crippen molar-refractivity contribution in [2.45, 2.75) is 187 Å². The van der Waals surface area contributed by atoms with E-state index in [0.717, 1.165) is 89.9 Å². The van der Waals surface area contributed by atoms with Gasteiger partial charge in [0.25, 0.3) is 0 Å². The quantitative estimate of drug-likeness (QED) is 0.0212. The van der Waals surface area contributed by atoms with Crippen LogP contribution >= 0.6 is 7.82 Å². The molecule has 0 aliphatic rings. The zero-order valence-electron chi connectivity index (χ0n) is 40.1. The minimum absolute atomic E-state index is 0.0198. The van der Waals surface area contributed by atoms with Crippen molar-refractivity contribution in [3.05, 3.63) is 85.1 Å². The van der Waals surface area contributed by atoms with Crippen molar-refractivity contribution in [2.75, 3.05) is 47.5 Å². The summed E-state index contributed by atoms with van der Waals surface area (Å²) in [5.74, 6) is -0.846. The van der Waals surface area contributed by atoms with Gasteiger partial charge >= 0.3 is 19.8 Å². The third-order valence-corrected chi connectivity index (χ3v) is 10.9. The predicted octanol–water partition coefficient (Wildman–Crippen LogP) is 14.4. The lowest BCUT2D eigenvalue weighted by Gasteiger charge is -2.24. The van der Waals surface area contributed by atoms with Crippen molar-refractivity contribution in [1.82, 2.24) is 0 Å². The number of unbranched alkanes of at least 4 members (excludes halogenated alkanes) is 15. The minimum atomic E-state index is -4.39. The first-order valence-corrected chi connectivity index (χ1v) is 25.8. The van der Waals surface area contributed by atoms with Gasteiger partial charge in [0.05, 0.1) is 27.7 Å². The fraction of sp³-hybridized carbons (Fsp3) is 0.692. The molecule has 2 atom stereocenters. The van der Waals surface area contributed by atoms with Crippen LogP contribution in [0.3, 0.4) is 0 Å². The fourth-order valence-electron chi connectivity index (χ4n) is 6.13. The summed E-state index contributed by atoms with van der Waals surface area (Å²) in [7, 11) is 1.44. The number of hydrogen-bond donors (Lipinski definition) is 1. The Bertz CT molecular complexity index is 1330. The second-order valence-corrected chi connectivity index (χ2v) is 18.6. The molecule has 0 fully saturated rings. The number of phosphoric ester groups is 1. The van der Waals surface area contributed by atoms with Crippen LogP contribution in [0.2, 0.25) is 0 Å². The third-order valence-electron chi connectivity index (χ3n) is 9.91. The molecule has 0 aromatic rings. The van der Waals surface area contributed by atoms with Gasteiger partial charge < -0.3 is 18.9 Å². The number of hydrogen-bond acceptors (Lipinski definition) is 7. The molecule has 62 heavy (non-hydrogen) atoms. The lowest BCUT2D eigenvalue weighted by molar-refractivity contribution is -0.870. The number of carbonyl (C=O) groups is 2. The van der Waals surface area contributed by atoms with Gasteiger partial charge in [0.2, 0.25) is 0 Å². The molecule has 9 nitrogen and oxygen atoms in total. The predicted molar refractivity (Wildman–Crippen MR) is 261 cm³/mol. The Morgan fingerprint density at radius 2 is 0.919 bits per heavy atom. The zero-order valence-corrected chi connectivity index (χ0v) is 41.0. The first-order valence-electron chi connectivity index (χ1n) is 24.3. The molecule has 1 N–H and O–H groups in total. The number of carbonyl (C=O) groups excluding carboxylic acids is 2. The third kappa shape index (κ3) is 46.7.